The number of hydrogen-bond acceptors (Lipinski definition) is 5. The number of hydrogen-bond donors (Lipinski definition) is 1. The first kappa shape index (κ1) is 17.4. The van der Waals surface area contributed by atoms with Crippen LogP contribution in [0.3, 0.4) is 0 Å². The summed E-state index contributed by atoms with van der Waals surface area (Å²) in [5.41, 5.74) is 0.362. The van der Waals surface area contributed by atoms with Gasteiger partial charge in [-0.2, -0.15) is 11.8 Å². The molecular formula is C19H22N2O4S. The van der Waals surface area contributed by atoms with Gasteiger partial charge in [0.1, 0.15) is 11.3 Å². The molecule has 2 aromatic rings. The van der Waals surface area contributed by atoms with Crippen molar-refractivity contribution in [3.05, 3.63) is 46.4 Å². The van der Waals surface area contributed by atoms with Gasteiger partial charge >= 0.3 is 0 Å². The monoisotopic (exact) mass is 374 g/mol. The van der Waals surface area contributed by atoms with Gasteiger partial charge in [-0.1, -0.05) is 0 Å². The molecule has 4 heterocycles. The van der Waals surface area contributed by atoms with Gasteiger partial charge in [-0.25, -0.2) is 0 Å². The maximum absolute atomic E-state index is 13.2. The van der Waals surface area contributed by atoms with Gasteiger partial charge in [-0.15, -0.1) is 0 Å². The molecule has 2 aliphatic heterocycles. The summed E-state index contributed by atoms with van der Waals surface area (Å²) in [5, 5.41) is 0. The SMILES string of the molecule is O=C(c1ccc(-c2ccco2)[nH]c1=O)N(CC1CCCO1)C1CCSC1. The zero-order valence-electron chi connectivity index (χ0n) is 14.5. The van der Waals surface area contributed by atoms with E-state index in [1.54, 1.807) is 30.5 Å². The fourth-order valence-corrected chi connectivity index (χ4v) is 4.77. The molecule has 0 aliphatic carbocycles. The van der Waals surface area contributed by atoms with Crippen LogP contribution in [-0.4, -0.2) is 52.6 Å². The molecule has 138 valence electrons. The Kier molecular flexibility index (Phi) is 5.17. The molecule has 2 saturated heterocycles. The van der Waals surface area contributed by atoms with E-state index in [-0.39, 0.29) is 29.2 Å². The maximum atomic E-state index is 13.2. The normalized spacial score (nSPS) is 22.6. The zero-order valence-corrected chi connectivity index (χ0v) is 15.3. The van der Waals surface area contributed by atoms with Gasteiger partial charge in [0.2, 0.25) is 0 Å². The average molecular weight is 374 g/mol. The van der Waals surface area contributed by atoms with Crippen LogP contribution in [0.25, 0.3) is 11.5 Å². The fourth-order valence-electron chi connectivity index (χ4n) is 3.55. The van der Waals surface area contributed by atoms with Crippen molar-refractivity contribution >= 4 is 17.7 Å². The molecule has 1 amide bonds. The summed E-state index contributed by atoms with van der Waals surface area (Å²) in [6.07, 6.45) is 4.59. The number of carbonyl (C=O) groups excluding carboxylic acids is 1. The van der Waals surface area contributed by atoms with Crippen molar-refractivity contribution in [2.75, 3.05) is 24.7 Å². The molecule has 2 aromatic heterocycles. The smallest absolute Gasteiger partial charge is 0.261 e. The van der Waals surface area contributed by atoms with Gasteiger partial charge in [-0.05, 0) is 49.3 Å². The molecule has 0 saturated carbocycles. The summed E-state index contributed by atoms with van der Waals surface area (Å²) in [5.74, 6) is 2.33. The molecule has 6 nitrogen and oxygen atoms in total. The van der Waals surface area contributed by atoms with E-state index in [4.69, 9.17) is 9.15 Å². The molecule has 7 heteroatoms. The number of amides is 1. The molecule has 2 fully saturated rings. The molecule has 2 atom stereocenters. The van der Waals surface area contributed by atoms with Crippen molar-refractivity contribution in [3.63, 3.8) is 0 Å². The van der Waals surface area contributed by atoms with Crippen molar-refractivity contribution in [3.8, 4) is 11.5 Å². The highest BCUT2D eigenvalue weighted by Gasteiger charge is 2.32. The third-order valence-corrected chi connectivity index (χ3v) is 6.10. The number of nitrogens with one attached hydrogen (secondary N) is 1. The Labute approximate surface area is 155 Å². The number of rotatable bonds is 5. The lowest BCUT2D eigenvalue weighted by Crippen LogP contribution is -2.46. The second kappa shape index (κ2) is 7.72. The standard InChI is InChI=1S/C19H22N2O4S/c22-18-15(5-6-16(20-18)17-4-2-9-25-17)19(23)21(13-7-10-26-12-13)11-14-3-1-8-24-14/h2,4-6,9,13-14H,1,3,7-8,10-12H2,(H,20,22). The van der Waals surface area contributed by atoms with E-state index in [9.17, 15) is 9.59 Å². The van der Waals surface area contributed by atoms with Crippen molar-refractivity contribution in [1.82, 2.24) is 9.88 Å². The van der Waals surface area contributed by atoms with Gasteiger partial charge in [0.05, 0.1) is 18.1 Å². The van der Waals surface area contributed by atoms with E-state index < -0.39 is 0 Å². The van der Waals surface area contributed by atoms with E-state index in [0.717, 1.165) is 37.4 Å². The molecule has 26 heavy (non-hydrogen) atoms. The number of pyridine rings is 1. The van der Waals surface area contributed by atoms with Crippen LogP contribution < -0.4 is 5.56 Å². The summed E-state index contributed by atoms with van der Waals surface area (Å²) in [7, 11) is 0. The highest BCUT2D eigenvalue weighted by atomic mass is 32.2. The highest BCUT2D eigenvalue weighted by Crippen LogP contribution is 2.26. The second-order valence-corrected chi connectivity index (χ2v) is 7.85. The van der Waals surface area contributed by atoms with Crippen LogP contribution in [0.15, 0.2) is 39.7 Å². The molecule has 1 N–H and O–H groups in total. The molecule has 0 spiro atoms. The van der Waals surface area contributed by atoms with Crippen LogP contribution >= 0.6 is 11.8 Å². The van der Waals surface area contributed by atoms with Crippen molar-refractivity contribution in [2.45, 2.75) is 31.4 Å². The van der Waals surface area contributed by atoms with Crippen LogP contribution in [0.1, 0.15) is 29.6 Å². The van der Waals surface area contributed by atoms with Crippen LogP contribution in [0.5, 0.6) is 0 Å². The summed E-state index contributed by atoms with van der Waals surface area (Å²) in [6, 6.07) is 7.02. The van der Waals surface area contributed by atoms with Gasteiger partial charge in [-0.3, -0.25) is 9.59 Å². The minimum Gasteiger partial charge on any atom is -0.463 e. The predicted molar refractivity (Wildman–Crippen MR) is 101 cm³/mol. The van der Waals surface area contributed by atoms with Gasteiger partial charge in [0, 0.05) is 24.9 Å². The van der Waals surface area contributed by atoms with Gasteiger partial charge in [0.15, 0.2) is 0 Å². The summed E-state index contributed by atoms with van der Waals surface area (Å²) >= 11 is 1.85. The lowest BCUT2D eigenvalue weighted by molar-refractivity contribution is 0.0440. The Morgan fingerprint density at radius 3 is 2.88 bits per heavy atom. The Balaban J connectivity index is 1.59. The van der Waals surface area contributed by atoms with E-state index in [2.05, 4.69) is 4.98 Å². The predicted octanol–water partition coefficient (Wildman–Crippen LogP) is 2.76. The van der Waals surface area contributed by atoms with Crippen LogP contribution in [0.2, 0.25) is 0 Å². The number of aromatic amines is 1. The summed E-state index contributed by atoms with van der Waals surface area (Å²) < 4.78 is 11.0. The minimum absolute atomic E-state index is 0.0750. The van der Waals surface area contributed by atoms with Gasteiger partial charge < -0.3 is 19.0 Å². The van der Waals surface area contributed by atoms with Crippen LogP contribution in [0.4, 0.5) is 0 Å². The summed E-state index contributed by atoms with van der Waals surface area (Å²) in [4.78, 5) is 30.3. The molecular weight excluding hydrogens is 352 g/mol. The Bertz CT molecular complexity index is 805. The van der Waals surface area contributed by atoms with E-state index in [1.165, 1.54) is 0 Å². The second-order valence-electron chi connectivity index (χ2n) is 6.70. The Morgan fingerprint density at radius 1 is 1.31 bits per heavy atom. The number of H-pyrrole nitrogens is 1. The minimum atomic E-state index is -0.383. The number of aromatic nitrogens is 1. The maximum Gasteiger partial charge on any atom is 0.261 e. The Morgan fingerprint density at radius 2 is 2.23 bits per heavy atom. The third-order valence-electron chi connectivity index (χ3n) is 4.96. The van der Waals surface area contributed by atoms with Crippen molar-refractivity contribution in [1.29, 1.82) is 0 Å². The zero-order chi connectivity index (χ0) is 17.9. The van der Waals surface area contributed by atoms with Crippen LogP contribution in [-0.2, 0) is 4.74 Å². The number of carbonyl (C=O) groups is 1. The topological polar surface area (TPSA) is 75.5 Å². The van der Waals surface area contributed by atoms with E-state index >= 15 is 0 Å². The number of thioether (sulfide) groups is 1. The molecule has 0 radical (unpaired) electrons. The fraction of sp³-hybridized carbons (Fsp3) is 0.474. The quantitative estimate of drug-likeness (QED) is 0.871. The van der Waals surface area contributed by atoms with Gasteiger partial charge in [0.25, 0.3) is 11.5 Å². The molecule has 4 rings (SSSR count). The van der Waals surface area contributed by atoms with Crippen LogP contribution in [0, 0.1) is 0 Å². The Hall–Kier alpha value is -1.99. The largest absolute Gasteiger partial charge is 0.463 e. The molecule has 0 aromatic carbocycles. The lowest BCUT2D eigenvalue weighted by atomic mass is 10.1. The van der Waals surface area contributed by atoms with Crippen molar-refractivity contribution in [2.24, 2.45) is 0 Å². The van der Waals surface area contributed by atoms with E-state index in [1.807, 2.05) is 16.7 Å². The molecule has 2 unspecified atom stereocenters. The molecule has 0 bridgehead atoms. The molecule has 2 aliphatic rings. The van der Waals surface area contributed by atoms with E-state index in [0.29, 0.717) is 18.0 Å². The lowest BCUT2D eigenvalue weighted by Gasteiger charge is -2.30. The average Bonchev–Trinajstić information content (AvgIpc) is 3.42. The van der Waals surface area contributed by atoms with Crippen molar-refractivity contribution < 1.29 is 13.9 Å². The number of nitrogens with zero attached hydrogens (tertiary/aromatic N) is 1. The first-order valence-corrected chi connectivity index (χ1v) is 10.2. The number of ether oxygens (including phenoxy) is 1. The third kappa shape index (κ3) is 3.59. The summed E-state index contributed by atoms with van der Waals surface area (Å²) in [6.45, 7) is 1.31. The first-order valence-electron chi connectivity index (χ1n) is 9.00. The number of furan rings is 1. The first-order chi connectivity index (χ1) is 12.7. The highest BCUT2D eigenvalue weighted by molar-refractivity contribution is 7.99.